The topological polar surface area (TPSA) is 40.5 Å². The van der Waals surface area contributed by atoms with Crippen LogP contribution in [-0.2, 0) is 4.79 Å². The second kappa shape index (κ2) is 3.05. The van der Waals surface area contributed by atoms with Crippen LogP contribution < -0.4 is 0 Å². The van der Waals surface area contributed by atoms with Gasteiger partial charge in [-0.05, 0) is 18.3 Å². The Labute approximate surface area is 73.3 Å². The molecular formula is C9H17NO2. The molecule has 1 rings (SSSR count). The highest BCUT2D eigenvalue weighted by Crippen LogP contribution is 2.30. The van der Waals surface area contributed by atoms with Crippen LogP contribution in [0.15, 0.2) is 0 Å². The van der Waals surface area contributed by atoms with E-state index in [4.69, 9.17) is 0 Å². The zero-order valence-electron chi connectivity index (χ0n) is 8.00. The first-order valence-corrected chi connectivity index (χ1v) is 4.44. The summed E-state index contributed by atoms with van der Waals surface area (Å²) < 4.78 is 0. The third-order valence-electron chi connectivity index (χ3n) is 2.42. The molecule has 70 valence electrons. The fourth-order valence-corrected chi connectivity index (χ4v) is 1.66. The Balaban J connectivity index is 2.70. The average molecular weight is 171 g/mol. The van der Waals surface area contributed by atoms with Crippen molar-refractivity contribution in [2.24, 2.45) is 5.41 Å². The molecule has 1 saturated heterocycles. The van der Waals surface area contributed by atoms with Crippen molar-refractivity contribution in [3.05, 3.63) is 0 Å². The van der Waals surface area contributed by atoms with Crippen molar-refractivity contribution in [2.75, 3.05) is 0 Å². The number of hydrogen-bond donors (Lipinski definition) is 1. The van der Waals surface area contributed by atoms with Crippen LogP contribution >= 0.6 is 0 Å². The number of amides is 1. The van der Waals surface area contributed by atoms with Gasteiger partial charge in [-0.3, -0.25) is 10.0 Å². The Kier molecular flexibility index (Phi) is 2.42. The third kappa shape index (κ3) is 1.78. The summed E-state index contributed by atoms with van der Waals surface area (Å²) in [5.41, 5.74) is -0.0230. The first-order valence-electron chi connectivity index (χ1n) is 4.44. The van der Waals surface area contributed by atoms with Crippen LogP contribution in [-0.4, -0.2) is 22.2 Å². The molecular weight excluding hydrogens is 154 g/mol. The van der Waals surface area contributed by atoms with Crippen LogP contribution in [0.1, 0.15) is 40.0 Å². The number of hydrogen-bond acceptors (Lipinski definition) is 2. The molecule has 1 atom stereocenters. The van der Waals surface area contributed by atoms with Crippen molar-refractivity contribution in [3.8, 4) is 0 Å². The van der Waals surface area contributed by atoms with E-state index in [0.29, 0.717) is 6.42 Å². The summed E-state index contributed by atoms with van der Waals surface area (Å²) in [7, 11) is 0. The van der Waals surface area contributed by atoms with Gasteiger partial charge in [0.15, 0.2) is 0 Å². The van der Waals surface area contributed by atoms with Gasteiger partial charge in [0.2, 0.25) is 5.91 Å². The molecule has 1 aliphatic heterocycles. The number of carbonyl (C=O) groups is 1. The van der Waals surface area contributed by atoms with Gasteiger partial charge in [0, 0.05) is 6.42 Å². The summed E-state index contributed by atoms with van der Waals surface area (Å²) in [6.45, 7) is 6.12. The lowest BCUT2D eigenvalue weighted by Gasteiger charge is -2.39. The van der Waals surface area contributed by atoms with Gasteiger partial charge in [-0.25, -0.2) is 5.06 Å². The van der Waals surface area contributed by atoms with Crippen LogP contribution in [0.2, 0.25) is 0 Å². The standard InChI is InChI=1S/C9H17NO2/c1-9(2,3)7-5-4-6-8(11)10(7)12/h7,12H,4-6H2,1-3H3. The molecule has 3 heteroatoms. The van der Waals surface area contributed by atoms with Gasteiger partial charge in [-0.15, -0.1) is 0 Å². The van der Waals surface area contributed by atoms with Gasteiger partial charge < -0.3 is 0 Å². The molecule has 1 N–H and O–H groups in total. The van der Waals surface area contributed by atoms with Crippen molar-refractivity contribution < 1.29 is 10.0 Å². The van der Waals surface area contributed by atoms with Gasteiger partial charge in [-0.1, -0.05) is 20.8 Å². The second-order valence-electron chi connectivity index (χ2n) is 4.51. The molecule has 0 radical (unpaired) electrons. The van der Waals surface area contributed by atoms with E-state index in [-0.39, 0.29) is 17.4 Å². The fourth-order valence-electron chi connectivity index (χ4n) is 1.66. The maximum atomic E-state index is 11.1. The molecule has 0 aromatic rings. The molecule has 0 saturated carbocycles. The average Bonchev–Trinajstić information content (AvgIpc) is 1.92. The van der Waals surface area contributed by atoms with Crippen molar-refractivity contribution in [1.82, 2.24) is 5.06 Å². The predicted molar refractivity (Wildman–Crippen MR) is 45.7 cm³/mol. The van der Waals surface area contributed by atoms with Crippen molar-refractivity contribution >= 4 is 5.91 Å². The van der Waals surface area contributed by atoms with Crippen molar-refractivity contribution in [2.45, 2.75) is 46.1 Å². The molecule has 1 heterocycles. The highest BCUT2D eigenvalue weighted by molar-refractivity contribution is 5.76. The quantitative estimate of drug-likeness (QED) is 0.564. The molecule has 0 bridgehead atoms. The summed E-state index contributed by atoms with van der Waals surface area (Å²) in [6.07, 6.45) is 2.30. The lowest BCUT2D eigenvalue weighted by molar-refractivity contribution is -0.192. The zero-order chi connectivity index (χ0) is 9.35. The lowest BCUT2D eigenvalue weighted by atomic mass is 9.81. The maximum absolute atomic E-state index is 11.1. The summed E-state index contributed by atoms with van der Waals surface area (Å²) >= 11 is 0. The van der Waals surface area contributed by atoms with Crippen LogP contribution in [0.4, 0.5) is 0 Å². The fraction of sp³-hybridized carbons (Fsp3) is 0.889. The molecule has 1 unspecified atom stereocenters. The van der Waals surface area contributed by atoms with E-state index < -0.39 is 0 Å². The Morgan fingerprint density at radius 1 is 1.50 bits per heavy atom. The Morgan fingerprint density at radius 3 is 2.50 bits per heavy atom. The Morgan fingerprint density at radius 2 is 2.08 bits per heavy atom. The molecule has 1 fully saturated rings. The van der Waals surface area contributed by atoms with Gasteiger partial charge in [0.05, 0.1) is 6.04 Å². The van der Waals surface area contributed by atoms with E-state index in [1.807, 2.05) is 20.8 Å². The van der Waals surface area contributed by atoms with E-state index in [1.54, 1.807) is 0 Å². The summed E-state index contributed by atoms with van der Waals surface area (Å²) in [5, 5.41) is 10.4. The van der Waals surface area contributed by atoms with E-state index in [2.05, 4.69) is 0 Å². The van der Waals surface area contributed by atoms with Crippen molar-refractivity contribution in [3.63, 3.8) is 0 Å². The van der Waals surface area contributed by atoms with Crippen LogP contribution in [0, 0.1) is 5.41 Å². The molecule has 0 aliphatic carbocycles. The summed E-state index contributed by atoms with van der Waals surface area (Å²) in [4.78, 5) is 11.1. The molecule has 1 amide bonds. The Bertz CT molecular complexity index is 183. The lowest BCUT2D eigenvalue weighted by Crippen LogP contribution is -2.48. The van der Waals surface area contributed by atoms with Crippen LogP contribution in [0.25, 0.3) is 0 Å². The predicted octanol–water partition coefficient (Wildman–Crippen LogP) is 1.80. The van der Waals surface area contributed by atoms with E-state index in [1.165, 1.54) is 0 Å². The molecule has 0 aromatic carbocycles. The molecule has 0 aromatic heterocycles. The zero-order valence-corrected chi connectivity index (χ0v) is 8.00. The smallest absolute Gasteiger partial charge is 0.246 e. The van der Waals surface area contributed by atoms with Gasteiger partial charge in [0.1, 0.15) is 0 Å². The first-order chi connectivity index (χ1) is 5.43. The highest BCUT2D eigenvalue weighted by Gasteiger charge is 2.35. The normalized spacial score (nSPS) is 26.2. The monoisotopic (exact) mass is 171 g/mol. The minimum Gasteiger partial charge on any atom is -0.286 e. The molecule has 0 spiro atoms. The van der Waals surface area contributed by atoms with Crippen LogP contribution in [0.5, 0.6) is 0 Å². The largest absolute Gasteiger partial charge is 0.286 e. The second-order valence-corrected chi connectivity index (χ2v) is 4.51. The summed E-state index contributed by atoms with van der Waals surface area (Å²) in [6, 6.07) is -0.0150. The van der Waals surface area contributed by atoms with E-state index in [9.17, 15) is 10.0 Å². The van der Waals surface area contributed by atoms with E-state index in [0.717, 1.165) is 17.9 Å². The minimum atomic E-state index is -0.138. The molecule has 12 heavy (non-hydrogen) atoms. The van der Waals surface area contributed by atoms with E-state index >= 15 is 0 Å². The SMILES string of the molecule is CC(C)(C)C1CCCC(=O)N1O. The maximum Gasteiger partial charge on any atom is 0.246 e. The number of nitrogens with zero attached hydrogens (tertiary/aromatic N) is 1. The number of piperidine rings is 1. The summed E-state index contributed by atoms with van der Waals surface area (Å²) in [5.74, 6) is -0.138. The number of rotatable bonds is 0. The molecule has 1 aliphatic rings. The minimum absolute atomic E-state index is 0.0150. The van der Waals surface area contributed by atoms with Gasteiger partial charge in [0.25, 0.3) is 0 Å². The third-order valence-corrected chi connectivity index (χ3v) is 2.42. The van der Waals surface area contributed by atoms with Gasteiger partial charge >= 0.3 is 0 Å². The van der Waals surface area contributed by atoms with Crippen molar-refractivity contribution in [1.29, 1.82) is 0 Å². The highest BCUT2D eigenvalue weighted by atomic mass is 16.5. The van der Waals surface area contributed by atoms with Crippen LogP contribution in [0.3, 0.4) is 0 Å². The van der Waals surface area contributed by atoms with Gasteiger partial charge in [-0.2, -0.15) is 0 Å². The number of hydroxylamine groups is 2. The first kappa shape index (κ1) is 9.52. The Hall–Kier alpha value is -0.570. The number of carbonyl (C=O) groups excluding carboxylic acids is 1. The molecule has 3 nitrogen and oxygen atoms in total.